The second kappa shape index (κ2) is 15.3. The summed E-state index contributed by atoms with van der Waals surface area (Å²) in [6.07, 6.45) is 4.40. The molecule has 2 unspecified atom stereocenters. The van der Waals surface area contributed by atoms with Crippen molar-refractivity contribution >= 4 is 11.9 Å². The first-order valence-electron chi connectivity index (χ1n) is 12.9. The van der Waals surface area contributed by atoms with E-state index in [-0.39, 0.29) is 36.6 Å². The van der Waals surface area contributed by atoms with Crippen molar-refractivity contribution in [2.45, 2.75) is 78.1 Å². The Morgan fingerprint density at radius 2 is 0.912 bits per heavy atom. The lowest BCUT2D eigenvalue weighted by atomic mass is 9.77. The molecule has 0 aliphatic carbocycles. The van der Waals surface area contributed by atoms with Crippen molar-refractivity contribution < 1.29 is 19.1 Å². The maximum atomic E-state index is 12.9. The minimum absolute atomic E-state index is 0.182. The van der Waals surface area contributed by atoms with Gasteiger partial charge in [0.05, 0.1) is 26.1 Å². The predicted molar refractivity (Wildman–Crippen MR) is 138 cm³/mol. The number of esters is 2. The maximum absolute atomic E-state index is 12.9. The van der Waals surface area contributed by atoms with Crippen molar-refractivity contribution in [2.75, 3.05) is 13.2 Å². The number of ether oxygens (including phenoxy) is 2. The number of rotatable bonds is 15. The van der Waals surface area contributed by atoms with E-state index in [2.05, 4.69) is 27.7 Å². The molecule has 0 aliphatic rings. The molecule has 0 heterocycles. The van der Waals surface area contributed by atoms with Gasteiger partial charge in [0.1, 0.15) is 0 Å². The van der Waals surface area contributed by atoms with Gasteiger partial charge >= 0.3 is 11.9 Å². The van der Waals surface area contributed by atoms with Crippen LogP contribution in [-0.2, 0) is 19.1 Å². The fourth-order valence-electron chi connectivity index (χ4n) is 4.33. The van der Waals surface area contributed by atoms with Gasteiger partial charge in [-0.15, -0.1) is 0 Å². The topological polar surface area (TPSA) is 52.6 Å². The lowest BCUT2D eigenvalue weighted by Gasteiger charge is -2.27. The molecule has 0 aliphatic heterocycles. The summed E-state index contributed by atoms with van der Waals surface area (Å²) in [4.78, 5) is 25.9. The van der Waals surface area contributed by atoms with E-state index < -0.39 is 0 Å². The highest BCUT2D eigenvalue weighted by Gasteiger charge is 2.30. The molecular weight excluding hydrogens is 424 g/mol. The molecule has 0 N–H and O–H groups in total. The van der Waals surface area contributed by atoms with Crippen molar-refractivity contribution in [3.8, 4) is 0 Å². The Bertz CT molecular complexity index is 754. The zero-order chi connectivity index (χ0) is 24.8. The highest BCUT2D eigenvalue weighted by Crippen LogP contribution is 2.39. The van der Waals surface area contributed by atoms with Crippen LogP contribution in [0.25, 0.3) is 0 Å². The molecule has 0 aromatic heterocycles. The summed E-state index contributed by atoms with van der Waals surface area (Å²) < 4.78 is 11.4. The van der Waals surface area contributed by atoms with Gasteiger partial charge < -0.3 is 9.47 Å². The Morgan fingerprint density at radius 3 is 1.21 bits per heavy atom. The van der Waals surface area contributed by atoms with Crippen LogP contribution in [0.4, 0.5) is 0 Å². The van der Waals surface area contributed by atoms with Gasteiger partial charge in [0.25, 0.3) is 0 Å². The normalized spacial score (nSPS) is 13.0. The van der Waals surface area contributed by atoms with Crippen LogP contribution in [0.5, 0.6) is 0 Å². The van der Waals surface area contributed by atoms with E-state index in [0.717, 1.165) is 36.8 Å². The molecule has 0 spiro atoms. The molecule has 34 heavy (non-hydrogen) atoms. The van der Waals surface area contributed by atoms with E-state index in [1.54, 1.807) is 0 Å². The molecule has 2 aromatic carbocycles. The van der Waals surface area contributed by atoms with Crippen LogP contribution in [0, 0.1) is 11.8 Å². The van der Waals surface area contributed by atoms with E-state index in [4.69, 9.17) is 9.47 Å². The van der Waals surface area contributed by atoms with E-state index >= 15 is 0 Å². The van der Waals surface area contributed by atoms with Gasteiger partial charge in [-0.1, -0.05) is 114 Å². The van der Waals surface area contributed by atoms with Crippen molar-refractivity contribution in [2.24, 2.45) is 11.8 Å². The lowest BCUT2D eigenvalue weighted by Crippen LogP contribution is -2.23. The van der Waals surface area contributed by atoms with Crippen molar-refractivity contribution in [1.82, 2.24) is 0 Å². The molecule has 0 fully saturated rings. The average Bonchev–Trinajstić information content (AvgIpc) is 2.88. The fraction of sp³-hybridized carbons (Fsp3) is 0.533. The van der Waals surface area contributed by atoms with Crippen LogP contribution < -0.4 is 0 Å². The third-order valence-electron chi connectivity index (χ3n) is 6.98. The van der Waals surface area contributed by atoms with Crippen molar-refractivity contribution in [3.63, 3.8) is 0 Å². The van der Waals surface area contributed by atoms with E-state index in [1.165, 1.54) is 0 Å². The van der Waals surface area contributed by atoms with Gasteiger partial charge in [-0.3, -0.25) is 9.59 Å². The molecule has 0 amide bonds. The Kier molecular flexibility index (Phi) is 12.4. The van der Waals surface area contributed by atoms with E-state index in [9.17, 15) is 9.59 Å². The van der Waals surface area contributed by atoms with Crippen LogP contribution >= 0.6 is 0 Å². The molecule has 0 saturated heterocycles. The summed E-state index contributed by atoms with van der Waals surface area (Å²) >= 11 is 0. The molecule has 0 bridgehead atoms. The average molecular weight is 467 g/mol. The van der Waals surface area contributed by atoms with Gasteiger partial charge in [-0.2, -0.15) is 0 Å². The molecular formula is C30H42O4. The van der Waals surface area contributed by atoms with E-state index in [0.29, 0.717) is 25.0 Å². The third-order valence-corrected chi connectivity index (χ3v) is 6.98. The molecule has 4 heteroatoms. The zero-order valence-corrected chi connectivity index (χ0v) is 21.4. The van der Waals surface area contributed by atoms with Gasteiger partial charge in [-0.25, -0.2) is 0 Å². The first-order valence-corrected chi connectivity index (χ1v) is 12.9. The minimum atomic E-state index is -0.216. The zero-order valence-electron chi connectivity index (χ0n) is 21.4. The smallest absolute Gasteiger partial charge is 0.306 e. The van der Waals surface area contributed by atoms with Crippen LogP contribution in [-0.4, -0.2) is 25.2 Å². The molecule has 2 aromatic rings. The monoisotopic (exact) mass is 466 g/mol. The molecule has 0 saturated carbocycles. The standard InChI is InChI=1S/C30H42O4/c1-5-23(6-2)21-33-29(31)19-27(25-15-11-9-12-16-25)28(26-17-13-10-14-18-26)20-30(32)34-22-24(7-3)8-4/h9-18,23-24,27-28H,5-8,19-22H2,1-4H3. The fourth-order valence-corrected chi connectivity index (χ4v) is 4.33. The van der Waals surface area contributed by atoms with Crippen molar-refractivity contribution in [3.05, 3.63) is 71.8 Å². The lowest BCUT2D eigenvalue weighted by molar-refractivity contribution is -0.148. The largest absolute Gasteiger partial charge is 0.465 e. The third kappa shape index (κ3) is 8.96. The molecule has 2 atom stereocenters. The number of carbonyl (C=O) groups excluding carboxylic acids is 2. The Hall–Kier alpha value is -2.62. The van der Waals surface area contributed by atoms with Crippen molar-refractivity contribution in [1.29, 1.82) is 0 Å². The molecule has 4 nitrogen and oxygen atoms in total. The quantitative estimate of drug-likeness (QED) is 0.259. The van der Waals surface area contributed by atoms with Gasteiger partial charge in [0.2, 0.25) is 0 Å². The van der Waals surface area contributed by atoms with Gasteiger partial charge in [0.15, 0.2) is 0 Å². The summed E-state index contributed by atoms with van der Waals surface area (Å²) in [5, 5.41) is 0. The summed E-state index contributed by atoms with van der Waals surface area (Å²) in [6, 6.07) is 20.0. The molecule has 0 radical (unpaired) electrons. The van der Waals surface area contributed by atoms with Crippen LogP contribution in [0.2, 0.25) is 0 Å². The first-order chi connectivity index (χ1) is 16.5. The highest BCUT2D eigenvalue weighted by molar-refractivity contribution is 5.73. The minimum Gasteiger partial charge on any atom is -0.465 e. The first kappa shape index (κ1) is 27.6. The Balaban J connectivity index is 2.26. The summed E-state index contributed by atoms with van der Waals surface area (Å²) in [5.41, 5.74) is 2.06. The highest BCUT2D eigenvalue weighted by atomic mass is 16.5. The second-order valence-electron chi connectivity index (χ2n) is 9.17. The van der Waals surface area contributed by atoms with Gasteiger partial charge in [-0.05, 0) is 23.0 Å². The van der Waals surface area contributed by atoms with E-state index in [1.807, 2.05) is 60.7 Å². The number of benzene rings is 2. The maximum Gasteiger partial charge on any atom is 0.306 e. The second-order valence-corrected chi connectivity index (χ2v) is 9.17. The van der Waals surface area contributed by atoms with Crippen LogP contribution in [0.1, 0.15) is 89.2 Å². The van der Waals surface area contributed by atoms with Crippen LogP contribution in [0.15, 0.2) is 60.7 Å². The molecule has 186 valence electrons. The Morgan fingerprint density at radius 1 is 0.588 bits per heavy atom. The molecule has 2 rings (SSSR count). The van der Waals surface area contributed by atoms with Gasteiger partial charge in [0, 0.05) is 11.8 Å². The summed E-state index contributed by atoms with van der Waals surface area (Å²) in [6.45, 7) is 9.36. The van der Waals surface area contributed by atoms with Crippen LogP contribution in [0.3, 0.4) is 0 Å². The SMILES string of the molecule is CCC(CC)COC(=O)CC(c1ccccc1)C(CC(=O)OCC(CC)CC)c1ccccc1. The number of hydrogen-bond acceptors (Lipinski definition) is 4. The summed E-state index contributed by atoms with van der Waals surface area (Å²) in [7, 11) is 0. The predicted octanol–water partition coefficient (Wildman–Crippen LogP) is 7.29. The summed E-state index contributed by atoms with van der Waals surface area (Å²) in [5.74, 6) is -0.0376. The Labute approximate surface area is 206 Å². The number of carbonyl (C=O) groups is 2. The number of hydrogen-bond donors (Lipinski definition) is 0.